The van der Waals surface area contributed by atoms with Gasteiger partial charge in [-0.25, -0.2) is 9.97 Å². The number of aliphatic hydroxyl groups excluding tert-OH is 1. The lowest BCUT2D eigenvalue weighted by Crippen LogP contribution is -2.40. The predicted molar refractivity (Wildman–Crippen MR) is 68.7 cm³/mol. The first-order chi connectivity index (χ1) is 8.82. The molecular formula is C11H15ClN4O3. The van der Waals surface area contributed by atoms with Crippen LogP contribution in [-0.4, -0.2) is 39.5 Å². The smallest absolute Gasteiger partial charge is 0.271 e. The SMILES string of the molecule is CC(C)c1ncc(Cl)c(C(=O)NCC(O)C(N)=O)n1. The zero-order valence-electron chi connectivity index (χ0n) is 10.6. The molecule has 1 aromatic heterocycles. The summed E-state index contributed by atoms with van der Waals surface area (Å²) in [5.74, 6) is -1.00. The Bertz CT molecular complexity index is 493. The van der Waals surface area contributed by atoms with E-state index in [9.17, 15) is 14.7 Å². The van der Waals surface area contributed by atoms with E-state index >= 15 is 0 Å². The number of aromatic nitrogens is 2. The van der Waals surface area contributed by atoms with Crippen molar-refractivity contribution in [1.29, 1.82) is 0 Å². The van der Waals surface area contributed by atoms with Crippen LogP contribution < -0.4 is 11.1 Å². The zero-order chi connectivity index (χ0) is 14.6. The van der Waals surface area contributed by atoms with Gasteiger partial charge in [0, 0.05) is 5.92 Å². The fourth-order valence-electron chi connectivity index (χ4n) is 1.19. The van der Waals surface area contributed by atoms with Gasteiger partial charge in [-0.15, -0.1) is 0 Å². The molecule has 4 N–H and O–H groups in total. The van der Waals surface area contributed by atoms with Crippen molar-refractivity contribution in [3.8, 4) is 0 Å². The van der Waals surface area contributed by atoms with Crippen molar-refractivity contribution in [1.82, 2.24) is 15.3 Å². The largest absolute Gasteiger partial charge is 0.381 e. The molecule has 0 saturated heterocycles. The summed E-state index contributed by atoms with van der Waals surface area (Å²) >= 11 is 5.83. The number of halogens is 1. The van der Waals surface area contributed by atoms with Crippen molar-refractivity contribution in [2.75, 3.05) is 6.54 Å². The summed E-state index contributed by atoms with van der Waals surface area (Å²) in [4.78, 5) is 30.5. The van der Waals surface area contributed by atoms with Gasteiger partial charge in [-0.3, -0.25) is 9.59 Å². The van der Waals surface area contributed by atoms with Gasteiger partial charge >= 0.3 is 0 Å². The minimum Gasteiger partial charge on any atom is -0.381 e. The maximum atomic E-state index is 11.8. The summed E-state index contributed by atoms with van der Waals surface area (Å²) in [7, 11) is 0. The molecule has 0 aromatic carbocycles. The second kappa shape index (κ2) is 6.44. The van der Waals surface area contributed by atoms with E-state index in [0.717, 1.165) is 0 Å². The Morgan fingerprint density at radius 1 is 1.53 bits per heavy atom. The van der Waals surface area contributed by atoms with Gasteiger partial charge in [-0.2, -0.15) is 0 Å². The van der Waals surface area contributed by atoms with Crippen molar-refractivity contribution in [3.05, 3.63) is 22.7 Å². The molecule has 1 aromatic rings. The molecule has 2 amide bonds. The lowest BCUT2D eigenvalue weighted by Gasteiger charge is -2.10. The third-order valence-corrected chi connectivity index (χ3v) is 2.56. The highest BCUT2D eigenvalue weighted by atomic mass is 35.5. The number of rotatable bonds is 5. The maximum absolute atomic E-state index is 11.8. The standard InChI is InChI=1S/C11H15ClN4O3/c1-5(2)10-14-3-6(12)8(16-10)11(19)15-4-7(17)9(13)18/h3,5,7,17H,4H2,1-2H3,(H2,13,18)(H,15,19). The molecule has 1 atom stereocenters. The van der Waals surface area contributed by atoms with Gasteiger partial charge in [0.05, 0.1) is 17.8 Å². The van der Waals surface area contributed by atoms with Gasteiger partial charge in [0.1, 0.15) is 17.6 Å². The van der Waals surface area contributed by atoms with Crippen LogP contribution in [0.1, 0.15) is 36.1 Å². The molecule has 8 heteroatoms. The monoisotopic (exact) mass is 286 g/mol. The minimum absolute atomic E-state index is 0.00274. The predicted octanol–water partition coefficient (Wildman–Crippen LogP) is -0.171. The van der Waals surface area contributed by atoms with Crippen LogP contribution in [0.15, 0.2) is 6.20 Å². The number of nitrogens with one attached hydrogen (secondary N) is 1. The number of carbonyl (C=O) groups is 2. The Balaban J connectivity index is 2.81. The van der Waals surface area contributed by atoms with E-state index in [1.807, 2.05) is 13.8 Å². The third-order valence-electron chi connectivity index (χ3n) is 2.28. The van der Waals surface area contributed by atoms with Crippen molar-refractivity contribution in [3.63, 3.8) is 0 Å². The van der Waals surface area contributed by atoms with E-state index in [1.165, 1.54) is 6.20 Å². The van der Waals surface area contributed by atoms with Crippen LogP contribution in [0.3, 0.4) is 0 Å². The fraction of sp³-hybridized carbons (Fsp3) is 0.455. The Hall–Kier alpha value is -1.73. The van der Waals surface area contributed by atoms with Crippen molar-refractivity contribution < 1.29 is 14.7 Å². The molecule has 1 rings (SSSR count). The lowest BCUT2D eigenvalue weighted by atomic mass is 10.2. The van der Waals surface area contributed by atoms with Gasteiger partial charge in [0.2, 0.25) is 5.91 Å². The summed E-state index contributed by atoms with van der Waals surface area (Å²) < 4.78 is 0. The molecular weight excluding hydrogens is 272 g/mol. The van der Waals surface area contributed by atoms with Crippen LogP contribution in [0.4, 0.5) is 0 Å². The number of amides is 2. The molecule has 0 saturated carbocycles. The Morgan fingerprint density at radius 2 is 2.16 bits per heavy atom. The molecule has 0 aliphatic rings. The lowest BCUT2D eigenvalue weighted by molar-refractivity contribution is -0.125. The zero-order valence-corrected chi connectivity index (χ0v) is 11.3. The van der Waals surface area contributed by atoms with Crippen LogP contribution in [0.2, 0.25) is 5.02 Å². The first kappa shape index (κ1) is 15.3. The summed E-state index contributed by atoms with van der Waals surface area (Å²) in [6, 6.07) is 0. The average molecular weight is 287 g/mol. The van der Waals surface area contributed by atoms with E-state index < -0.39 is 17.9 Å². The number of hydrogen-bond acceptors (Lipinski definition) is 5. The molecule has 0 spiro atoms. The molecule has 7 nitrogen and oxygen atoms in total. The molecule has 19 heavy (non-hydrogen) atoms. The number of primary amides is 1. The summed E-state index contributed by atoms with van der Waals surface area (Å²) in [5, 5.41) is 11.6. The van der Waals surface area contributed by atoms with E-state index in [0.29, 0.717) is 5.82 Å². The molecule has 1 heterocycles. The maximum Gasteiger partial charge on any atom is 0.271 e. The van der Waals surface area contributed by atoms with Crippen molar-refractivity contribution >= 4 is 23.4 Å². The van der Waals surface area contributed by atoms with E-state index in [2.05, 4.69) is 15.3 Å². The van der Waals surface area contributed by atoms with Crippen LogP contribution in [0.25, 0.3) is 0 Å². The van der Waals surface area contributed by atoms with Crippen molar-refractivity contribution in [2.24, 2.45) is 5.73 Å². The van der Waals surface area contributed by atoms with Gasteiger partial charge < -0.3 is 16.2 Å². The molecule has 1 unspecified atom stereocenters. The number of nitrogens with zero attached hydrogens (tertiary/aromatic N) is 2. The summed E-state index contributed by atoms with van der Waals surface area (Å²) in [6.45, 7) is 3.45. The topological polar surface area (TPSA) is 118 Å². The van der Waals surface area contributed by atoms with Crippen LogP contribution in [-0.2, 0) is 4.79 Å². The number of hydrogen-bond donors (Lipinski definition) is 3. The Kier molecular flexibility index (Phi) is 5.20. The molecule has 0 aliphatic heterocycles. The summed E-state index contributed by atoms with van der Waals surface area (Å²) in [6.07, 6.45) is -0.113. The Labute approximate surface area is 115 Å². The van der Waals surface area contributed by atoms with E-state index in [4.69, 9.17) is 17.3 Å². The average Bonchev–Trinajstić information content (AvgIpc) is 2.35. The third kappa shape index (κ3) is 4.15. The first-order valence-electron chi connectivity index (χ1n) is 5.61. The second-order valence-corrected chi connectivity index (χ2v) is 4.61. The highest BCUT2D eigenvalue weighted by molar-refractivity contribution is 6.33. The molecule has 104 valence electrons. The van der Waals surface area contributed by atoms with Gasteiger partial charge in [0.15, 0.2) is 0 Å². The number of nitrogens with two attached hydrogens (primary N) is 1. The molecule has 0 aliphatic carbocycles. The van der Waals surface area contributed by atoms with Crippen LogP contribution >= 0.6 is 11.6 Å². The highest BCUT2D eigenvalue weighted by Gasteiger charge is 2.18. The number of carbonyl (C=O) groups excluding carboxylic acids is 2. The van der Waals surface area contributed by atoms with Crippen molar-refractivity contribution in [2.45, 2.75) is 25.9 Å². The fourth-order valence-corrected chi connectivity index (χ4v) is 1.37. The van der Waals surface area contributed by atoms with E-state index in [1.54, 1.807) is 0 Å². The van der Waals surface area contributed by atoms with E-state index in [-0.39, 0.29) is 23.2 Å². The normalized spacial score (nSPS) is 12.3. The summed E-state index contributed by atoms with van der Waals surface area (Å²) in [5.41, 5.74) is 4.86. The molecule has 0 fully saturated rings. The van der Waals surface area contributed by atoms with Crippen LogP contribution in [0.5, 0.6) is 0 Å². The number of aliphatic hydroxyl groups is 1. The highest BCUT2D eigenvalue weighted by Crippen LogP contribution is 2.16. The molecule has 0 radical (unpaired) electrons. The molecule has 0 bridgehead atoms. The Morgan fingerprint density at radius 3 is 2.68 bits per heavy atom. The van der Waals surface area contributed by atoms with Gasteiger partial charge in [-0.1, -0.05) is 25.4 Å². The van der Waals surface area contributed by atoms with Gasteiger partial charge in [-0.05, 0) is 0 Å². The first-order valence-corrected chi connectivity index (χ1v) is 5.98. The quantitative estimate of drug-likeness (QED) is 0.694. The van der Waals surface area contributed by atoms with Gasteiger partial charge in [0.25, 0.3) is 5.91 Å². The minimum atomic E-state index is -1.45. The second-order valence-electron chi connectivity index (χ2n) is 4.21. The van der Waals surface area contributed by atoms with Crippen LogP contribution in [0, 0.1) is 0 Å².